The van der Waals surface area contributed by atoms with Gasteiger partial charge in [-0.3, -0.25) is 9.59 Å². The Labute approximate surface area is 190 Å². The van der Waals surface area contributed by atoms with Crippen molar-refractivity contribution >= 4 is 34.8 Å². The van der Waals surface area contributed by atoms with Crippen LogP contribution in [0.2, 0.25) is 10.0 Å². The van der Waals surface area contributed by atoms with Crippen LogP contribution in [-0.2, 0) is 0 Å². The standard InChI is InChI=1S/C23H22Cl2N4O2/c1-16-8-9-18(14-19(16)24)29-23(31)21(25)20(15-26-29)27-10-5-11-28(13-12-27)22(30)17-6-3-2-4-7-17/h2-4,6-9,14-15H,5,10-13H2,1H3. The molecule has 0 N–H and O–H groups in total. The van der Waals surface area contributed by atoms with Gasteiger partial charge in [-0.15, -0.1) is 0 Å². The van der Waals surface area contributed by atoms with Crippen molar-refractivity contribution in [3.8, 4) is 5.69 Å². The molecule has 1 aliphatic rings. The molecular formula is C23H22Cl2N4O2. The average molecular weight is 457 g/mol. The van der Waals surface area contributed by atoms with Crippen molar-refractivity contribution in [2.24, 2.45) is 0 Å². The van der Waals surface area contributed by atoms with Crippen LogP contribution in [0.4, 0.5) is 5.69 Å². The molecule has 1 saturated heterocycles. The lowest BCUT2D eigenvalue weighted by atomic mass is 10.2. The first-order valence-electron chi connectivity index (χ1n) is 10.1. The molecule has 1 fully saturated rings. The van der Waals surface area contributed by atoms with Crippen molar-refractivity contribution in [3.05, 3.63) is 86.3 Å². The van der Waals surface area contributed by atoms with Crippen LogP contribution >= 0.6 is 23.2 Å². The predicted octanol–water partition coefficient (Wildman–Crippen LogP) is 4.20. The number of amides is 1. The van der Waals surface area contributed by atoms with Crippen LogP contribution in [0.3, 0.4) is 0 Å². The molecule has 160 valence electrons. The molecule has 1 aliphatic heterocycles. The lowest BCUT2D eigenvalue weighted by Gasteiger charge is -2.24. The van der Waals surface area contributed by atoms with E-state index in [0.717, 1.165) is 12.0 Å². The Hall–Kier alpha value is -2.83. The molecule has 31 heavy (non-hydrogen) atoms. The van der Waals surface area contributed by atoms with Crippen LogP contribution < -0.4 is 10.5 Å². The largest absolute Gasteiger partial charge is 0.367 e. The number of nitrogens with zero attached hydrogens (tertiary/aromatic N) is 4. The van der Waals surface area contributed by atoms with E-state index in [1.165, 1.54) is 4.68 Å². The van der Waals surface area contributed by atoms with E-state index >= 15 is 0 Å². The van der Waals surface area contributed by atoms with Gasteiger partial charge in [-0.05, 0) is 43.2 Å². The molecule has 0 radical (unpaired) electrons. The van der Waals surface area contributed by atoms with E-state index in [2.05, 4.69) is 5.10 Å². The molecule has 0 saturated carbocycles. The van der Waals surface area contributed by atoms with Gasteiger partial charge in [-0.1, -0.05) is 47.5 Å². The molecule has 0 aliphatic carbocycles. The zero-order valence-corrected chi connectivity index (χ0v) is 18.6. The summed E-state index contributed by atoms with van der Waals surface area (Å²) in [5.41, 5.74) is 2.33. The number of aromatic nitrogens is 2. The van der Waals surface area contributed by atoms with Gasteiger partial charge in [0.15, 0.2) is 0 Å². The maximum atomic E-state index is 12.9. The predicted molar refractivity (Wildman–Crippen MR) is 124 cm³/mol. The van der Waals surface area contributed by atoms with E-state index in [1.807, 2.05) is 53.1 Å². The summed E-state index contributed by atoms with van der Waals surface area (Å²) in [5, 5.41) is 4.99. The fourth-order valence-electron chi connectivity index (χ4n) is 3.67. The summed E-state index contributed by atoms with van der Waals surface area (Å²) in [6.07, 6.45) is 2.37. The molecule has 0 unspecified atom stereocenters. The molecule has 2 heterocycles. The van der Waals surface area contributed by atoms with Crippen LogP contribution in [0.15, 0.2) is 59.5 Å². The number of hydrogen-bond donors (Lipinski definition) is 0. The van der Waals surface area contributed by atoms with Gasteiger partial charge in [0.2, 0.25) is 0 Å². The molecule has 8 heteroatoms. The fourth-order valence-corrected chi connectivity index (χ4v) is 4.09. The Kier molecular flexibility index (Phi) is 6.30. The van der Waals surface area contributed by atoms with E-state index in [1.54, 1.807) is 18.3 Å². The van der Waals surface area contributed by atoms with Crippen LogP contribution in [0, 0.1) is 6.92 Å². The van der Waals surface area contributed by atoms with E-state index in [0.29, 0.717) is 48.1 Å². The van der Waals surface area contributed by atoms with Gasteiger partial charge in [0.25, 0.3) is 11.5 Å². The normalized spacial score (nSPS) is 14.4. The highest BCUT2D eigenvalue weighted by Gasteiger charge is 2.23. The Morgan fingerprint density at radius 3 is 2.52 bits per heavy atom. The van der Waals surface area contributed by atoms with E-state index < -0.39 is 5.56 Å². The quantitative estimate of drug-likeness (QED) is 0.592. The van der Waals surface area contributed by atoms with Crippen molar-refractivity contribution in [1.29, 1.82) is 0 Å². The average Bonchev–Trinajstić information content (AvgIpc) is 3.04. The topological polar surface area (TPSA) is 58.4 Å². The summed E-state index contributed by atoms with van der Waals surface area (Å²) in [6, 6.07) is 14.6. The maximum absolute atomic E-state index is 12.9. The number of hydrogen-bond acceptors (Lipinski definition) is 4. The molecular weight excluding hydrogens is 435 g/mol. The third kappa shape index (κ3) is 4.45. The summed E-state index contributed by atoms with van der Waals surface area (Å²) in [4.78, 5) is 29.5. The Morgan fingerprint density at radius 1 is 1.00 bits per heavy atom. The maximum Gasteiger partial charge on any atom is 0.292 e. The van der Waals surface area contributed by atoms with Gasteiger partial charge in [0, 0.05) is 36.8 Å². The minimum atomic E-state index is -0.402. The zero-order chi connectivity index (χ0) is 22.0. The number of anilines is 1. The highest BCUT2D eigenvalue weighted by atomic mass is 35.5. The van der Waals surface area contributed by atoms with E-state index in [4.69, 9.17) is 23.2 Å². The summed E-state index contributed by atoms with van der Waals surface area (Å²) in [6.45, 7) is 4.33. The first-order chi connectivity index (χ1) is 15.0. The van der Waals surface area contributed by atoms with Crippen molar-refractivity contribution in [1.82, 2.24) is 14.7 Å². The second-order valence-electron chi connectivity index (χ2n) is 7.49. The van der Waals surface area contributed by atoms with Crippen LogP contribution in [-0.4, -0.2) is 46.8 Å². The molecule has 0 bridgehead atoms. The zero-order valence-electron chi connectivity index (χ0n) is 17.1. The van der Waals surface area contributed by atoms with Gasteiger partial charge in [0.1, 0.15) is 5.02 Å². The number of rotatable bonds is 3. The van der Waals surface area contributed by atoms with Gasteiger partial charge in [-0.25, -0.2) is 0 Å². The summed E-state index contributed by atoms with van der Waals surface area (Å²) >= 11 is 12.7. The molecule has 3 aromatic rings. The third-order valence-corrected chi connectivity index (χ3v) is 6.21. The number of halogens is 2. The van der Waals surface area contributed by atoms with E-state index in [9.17, 15) is 9.59 Å². The number of aryl methyl sites for hydroxylation is 1. The minimum absolute atomic E-state index is 0.0124. The van der Waals surface area contributed by atoms with Crippen LogP contribution in [0.1, 0.15) is 22.3 Å². The third-order valence-electron chi connectivity index (χ3n) is 5.45. The van der Waals surface area contributed by atoms with Gasteiger partial charge in [0.05, 0.1) is 17.6 Å². The van der Waals surface area contributed by atoms with E-state index in [-0.39, 0.29) is 10.9 Å². The molecule has 0 spiro atoms. The van der Waals surface area contributed by atoms with Crippen molar-refractivity contribution in [2.75, 3.05) is 31.1 Å². The second kappa shape index (κ2) is 9.12. The van der Waals surface area contributed by atoms with Crippen LogP contribution in [0.5, 0.6) is 0 Å². The SMILES string of the molecule is Cc1ccc(-n2ncc(N3CCCN(C(=O)c4ccccc4)CC3)c(Cl)c2=O)cc1Cl. The lowest BCUT2D eigenvalue weighted by molar-refractivity contribution is 0.0767. The van der Waals surface area contributed by atoms with Gasteiger partial charge >= 0.3 is 0 Å². The second-order valence-corrected chi connectivity index (χ2v) is 8.28. The number of carbonyl (C=O) groups excluding carboxylic acids is 1. The van der Waals surface area contributed by atoms with Crippen LogP contribution in [0.25, 0.3) is 5.69 Å². The lowest BCUT2D eigenvalue weighted by Crippen LogP contribution is -2.36. The fraction of sp³-hybridized carbons (Fsp3) is 0.261. The summed E-state index contributed by atoms with van der Waals surface area (Å²) in [7, 11) is 0. The number of carbonyl (C=O) groups is 1. The minimum Gasteiger partial charge on any atom is -0.367 e. The van der Waals surface area contributed by atoms with Crippen molar-refractivity contribution < 1.29 is 4.79 Å². The highest BCUT2D eigenvalue weighted by Crippen LogP contribution is 2.24. The molecule has 2 aromatic carbocycles. The first kappa shape index (κ1) is 21.4. The molecule has 4 rings (SSSR count). The number of benzene rings is 2. The van der Waals surface area contributed by atoms with Crippen molar-refractivity contribution in [2.45, 2.75) is 13.3 Å². The molecule has 0 atom stereocenters. The van der Waals surface area contributed by atoms with Gasteiger partial charge in [-0.2, -0.15) is 9.78 Å². The smallest absolute Gasteiger partial charge is 0.292 e. The molecule has 1 amide bonds. The Bertz CT molecular complexity index is 1160. The monoisotopic (exact) mass is 456 g/mol. The van der Waals surface area contributed by atoms with Crippen molar-refractivity contribution in [3.63, 3.8) is 0 Å². The first-order valence-corrected chi connectivity index (χ1v) is 10.8. The molecule has 6 nitrogen and oxygen atoms in total. The summed E-state index contributed by atoms with van der Waals surface area (Å²) < 4.78 is 1.25. The Morgan fingerprint density at radius 2 is 1.77 bits per heavy atom. The summed E-state index contributed by atoms with van der Waals surface area (Å²) in [5.74, 6) is 0.0124. The highest BCUT2D eigenvalue weighted by molar-refractivity contribution is 6.33. The molecule has 1 aromatic heterocycles. The van der Waals surface area contributed by atoms with Gasteiger partial charge < -0.3 is 9.80 Å². The Balaban J connectivity index is 1.55.